The molecule has 0 aliphatic heterocycles. The topological polar surface area (TPSA) is 41.9 Å². The van der Waals surface area contributed by atoms with Crippen molar-refractivity contribution in [3.8, 4) is 0 Å². The van der Waals surface area contributed by atoms with Gasteiger partial charge in [-0.15, -0.1) is 0 Å². The summed E-state index contributed by atoms with van der Waals surface area (Å²) in [5, 5.41) is 11.0. The molecule has 1 unspecified atom stereocenters. The van der Waals surface area contributed by atoms with Crippen LogP contribution in [0.3, 0.4) is 0 Å². The minimum atomic E-state index is 0.481. The number of likely N-dealkylation sites (N-methyl/N-ethyl adjacent to an activating group) is 1. The first-order chi connectivity index (χ1) is 7.06. The van der Waals surface area contributed by atoms with Gasteiger partial charge in [0.15, 0.2) is 0 Å². The Morgan fingerprint density at radius 1 is 1.40 bits per heavy atom. The monoisotopic (exact) mass is 210 g/mol. The van der Waals surface area contributed by atoms with Crippen LogP contribution in [0.15, 0.2) is 0 Å². The van der Waals surface area contributed by atoms with Crippen LogP contribution in [-0.2, 0) is 13.6 Å². The summed E-state index contributed by atoms with van der Waals surface area (Å²) in [5.41, 5.74) is 3.69. The largest absolute Gasteiger partial charge is 0.318 e. The van der Waals surface area contributed by atoms with Gasteiger partial charge in [-0.25, -0.2) is 0 Å². The fourth-order valence-electron chi connectivity index (χ4n) is 1.73. The summed E-state index contributed by atoms with van der Waals surface area (Å²) in [6.07, 6.45) is 0. The van der Waals surface area contributed by atoms with Gasteiger partial charge in [-0.1, -0.05) is 0 Å². The van der Waals surface area contributed by atoms with Gasteiger partial charge in [0, 0.05) is 37.4 Å². The zero-order valence-corrected chi connectivity index (χ0v) is 10.4. The lowest BCUT2D eigenvalue weighted by Crippen LogP contribution is -2.34. The van der Waals surface area contributed by atoms with E-state index in [2.05, 4.69) is 36.5 Å². The van der Waals surface area contributed by atoms with Gasteiger partial charge in [0.1, 0.15) is 0 Å². The summed E-state index contributed by atoms with van der Waals surface area (Å²) in [7, 11) is 3.96. The number of aryl methyl sites for hydroxylation is 2. The Hall–Kier alpha value is -0.870. The molecule has 0 aromatic carbocycles. The summed E-state index contributed by atoms with van der Waals surface area (Å²) in [6, 6.07) is 0.481. The molecule has 2 N–H and O–H groups in total. The summed E-state index contributed by atoms with van der Waals surface area (Å²) in [6.45, 7) is 8.23. The third kappa shape index (κ3) is 3.04. The van der Waals surface area contributed by atoms with Gasteiger partial charge in [-0.3, -0.25) is 4.68 Å². The second-order valence-corrected chi connectivity index (χ2v) is 4.11. The molecule has 0 aliphatic carbocycles. The van der Waals surface area contributed by atoms with E-state index in [0.29, 0.717) is 6.04 Å². The van der Waals surface area contributed by atoms with E-state index in [0.717, 1.165) is 18.8 Å². The highest BCUT2D eigenvalue weighted by Gasteiger charge is 2.09. The fourth-order valence-corrected chi connectivity index (χ4v) is 1.73. The SMILES string of the molecule is CNCC(C)NCc1c(C)nn(C)c1C. The van der Waals surface area contributed by atoms with Crippen LogP contribution in [0.2, 0.25) is 0 Å². The molecule has 0 bridgehead atoms. The average Bonchev–Trinajstić information content (AvgIpc) is 2.40. The average molecular weight is 210 g/mol. The Morgan fingerprint density at radius 2 is 2.07 bits per heavy atom. The summed E-state index contributed by atoms with van der Waals surface area (Å²) in [5.74, 6) is 0. The molecule has 4 heteroatoms. The summed E-state index contributed by atoms with van der Waals surface area (Å²) in [4.78, 5) is 0. The zero-order valence-electron chi connectivity index (χ0n) is 10.4. The third-order valence-electron chi connectivity index (χ3n) is 2.80. The van der Waals surface area contributed by atoms with Crippen molar-refractivity contribution in [2.45, 2.75) is 33.4 Å². The normalized spacial score (nSPS) is 13.1. The lowest BCUT2D eigenvalue weighted by Gasteiger charge is -2.13. The standard InChI is InChI=1S/C11H22N4/c1-8(6-12-4)13-7-11-9(2)14-15(5)10(11)3/h8,12-13H,6-7H2,1-5H3. The molecule has 0 fully saturated rings. The van der Waals surface area contributed by atoms with Gasteiger partial charge >= 0.3 is 0 Å². The Kier molecular flexibility index (Phi) is 4.29. The maximum Gasteiger partial charge on any atom is 0.0641 e. The van der Waals surface area contributed by atoms with Gasteiger partial charge in [-0.05, 0) is 27.8 Å². The lowest BCUT2D eigenvalue weighted by molar-refractivity contribution is 0.521. The van der Waals surface area contributed by atoms with E-state index in [1.165, 1.54) is 11.3 Å². The molecule has 1 aromatic rings. The van der Waals surface area contributed by atoms with Crippen molar-refractivity contribution in [3.63, 3.8) is 0 Å². The highest BCUT2D eigenvalue weighted by molar-refractivity contribution is 5.24. The minimum absolute atomic E-state index is 0.481. The first-order valence-corrected chi connectivity index (χ1v) is 5.43. The maximum absolute atomic E-state index is 4.40. The number of hydrogen-bond donors (Lipinski definition) is 2. The molecule has 1 rings (SSSR count). The molecule has 0 radical (unpaired) electrons. The number of nitrogens with one attached hydrogen (secondary N) is 2. The van der Waals surface area contributed by atoms with Crippen LogP contribution < -0.4 is 10.6 Å². The van der Waals surface area contributed by atoms with E-state index >= 15 is 0 Å². The fraction of sp³-hybridized carbons (Fsp3) is 0.727. The van der Waals surface area contributed by atoms with Gasteiger partial charge < -0.3 is 10.6 Å². The first kappa shape index (κ1) is 12.2. The number of hydrogen-bond acceptors (Lipinski definition) is 3. The van der Waals surface area contributed by atoms with Crippen molar-refractivity contribution in [1.29, 1.82) is 0 Å². The van der Waals surface area contributed by atoms with Crippen molar-refractivity contribution in [2.75, 3.05) is 13.6 Å². The number of aromatic nitrogens is 2. The molecule has 0 aliphatic rings. The molecule has 15 heavy (non-hydrogen) atoms. The molecule has 86 valence electrons. The Balaban J connectivity index is 2.57. The first-order valence-electron chi connectivity index (χ1n) is 5.43. The van der Waals surface area contributed by atoms with Crippen LogP contribution in [0.25, 0.3) is 0 Å². The Bertz CT molecular complexity index is 317. The van der Waals surface area contributed by atoms with Crippen molar-refractivity contribution in [2.24, 2.45) is 7.05 Å². The summed E-state index contributed by atoms with van der Waals surface area (Å²) >= 11 is 0. The van der Waals surface area contributed by atoms with Crippen molar-refractivity contribution in [1.82, 2.24) is 20.4 Å². The highest BCUT2D eigenvalue weighted by Crippen LogP contribution is 2.11. The zero-order chi connectivity index (χ0) is 11.4. The minimum Gasteiger partial charge on any atom is -0.318 e. The van der Waals surface area contributed by atoms with E-state index < -0.39 is 0 Å². The second-order valence-electron chi connectivity index (χ2n) is 4.11. The van der Waals surface area contributed by atoms with E-state index in [1.807, 2.05) is 18.8 Å². The van der Waals surface area contributed by atoms with Crippen molar-refractivity contribution in [3.05, 3.63) is 17.0 Å². The molecule has 1 atom stereocenters. The van der Waals surface area contributed by atoms with Gasteiger partial charge in [0.25, 0.3) is 0 Å². The second kappa shape index (κ2) is 5.28. The van der Waals surface area contributed by atoms with E-state index in [4.69, 9.17) is 0 Å². The Morgan fingerprint density at radius 3 is 2.53 bits per heavy atom. The van der Waals surface area contributed by atoms with Crippen LogP contribution in [0.1, 0.15) is 23.9 Å². The van der Waals surface area contributed by atoms with Crippen LogP contribution >= 0.6 is 0 Å². The van der Waals surface area contributed by atoms with Crippen molar-refractivity contribution >= 4 is 0 Å². The Labute approximate surface area is 92.1 Å². The van der Waals surface area contributed by atoms with E-state index in [-0.39, 0.29) is 0 Å². The molecular weight excluding hydrogens is 188 g/mol. The quantitative estimate of drug-likeness (QED) is 0.753. The van der Waals surface area contributed by atoms with E-state index in [1.54, 1.807) is 0 Å². The number of rotatable bonds is 5. The molecule has 0 spiro atoms. The molecule has 0 saturated heterocycles. The highest BCUT2D eigenvalue weighted by atomic mass is 15.3. The van der Waals surface area contributed by atoms with Crippen LogP contribution in [-0.4, -0.2) is 29.4 Å². The van der Waals surface area contributed by atoms with Crippen molar-refractivity contribution < 1.29 is 0 Å². The maximum atomic E-state index is 4.40. The van der Waals surface area contributed by atoms with Gasteiger partial charge in [0.05, 0.1) is 5.69 Å². The molecule has 1 aromatic heterocycles. The third-order valence-corrected chi connectivity index (χ3v) is 2.80. The predicted octanol–water partition coefficient (Wildman–Crippen LogP) is 0.734. The molecule has 4 nitrogen and oxygen atoms in total. The molecular formula is C11H22N4. The van der Waals surface area contributed by atoms with Crippen LogP contribution in [0.4, 0.5) is 0 Å². The van der Waals surface area contributed by atoms with Gasteiger partial charge in [-0.2, -0.15) is 5.10 Å². The van der Waals surface area contributed by atoms with Gasteiger partial charge in [0.2, 0.25) is 0 Å². The molecule has 1 heterocycles. The van der Waals surface area contributed by atoms with Crippen LogP contribution in [0, 0.1) is 13.8 Å². The predicted molar refractivity (Wildman–Crippen MR) is 62.9 cm³/mol. The van der Waals surface area contributed by atoms with E-state index in [9.17, 15) is 0 Å². The molecule has 0 amide bonds. The lowest BCUT2D eigenvalue weighted by atomic mass is 10.2. The molecule has 0 saturated carbocycles. The smallest absolute Gasteiger partial charge is 0.0641 e. The van der Waals surface area contributed by atoms with Crippen LogP contribution in [0.5, 0.6) is 0 Å². The number of nitrogens with zero attached hydrogens (tertiary/aromatic N) is 2. The summed E-state index contributed by atoms with van der Waals surface area (Å²) < 4.78 is 1.94.